The molecule has 0 spiro atoms. The van der Waals surface area contributed by atoms with Gasteiger partial charge in [-0.25, -0.2) is 0 Å². The minimum atomic E-state index is -1.16. The van der Waals surface area contributed by atoms with Crippen LogP contribution in [0.2, 0.25) is 0 Å². The molecule has 0 unspecified atom stereocenters. The van der Waals surface area contributed by atoms with E-state index in [0.29, 0.717) is 6.54 Å². The van der Waals surface area contributed by atoms with E-state index in [0.717, 1.165) is 5.56 Å². The lowest BCUT2D eigenvalue weighted by Crippen LogP contribution is -2.22. The van der Waals surface area contributed by atoms with Crippen molar-refractivity contribution in [3.8, 4) is 0 Å². The number of carbonyl (C=O) groups is 1. The van der Waals surface area contributed by atoms with Crippen LogP contribution in [0, 0.1) is 0 Å². The zero-order valence-electron chi connectivity index (χ0n) is 6.32. The Bertz CT molecular complexity index is 258. The molecule has 0 saturated carbocycles. The molecule has 66 valence electrons. The third kappa shape index (κ3) is 2.53. The molecule has 0 aliphatic heterocycles. The first-order valence-corrected chi connectivity index (χ1v) is 3.24. The van der Waals surface area contributed by atoms with Crippen LogP contribution in [-0.2, 0) is 6.54 Å². The predicted octanol–water partition coefficient (Wildman–Crippen LogP) is -0.0694. The molecule has 0 heterocycles. The van der Waals surface area contributed by atoms with Crippen LogP contribution in [0.1, 0.15) is 15.9 Å². The van der Waals surface area contributed by atoms with Gasteiger partial charge in [0, 0.05) is 6.54 Å². The summed E-state index contributed by atoms with van der Waals surface area (Å²) in [6.45, 7) is 0.424. The third-order valence-electron chi connectivity index (χ3n) is 1.43. The zero-order valence-corrected chi connectivity index (χ0v) is 7.14. The van der Waals surface area contributed by atoms with Gasteiger partial charge in [0.1, 0.15) is 0 Å². The summed E-state index contributed by atoms with van der Waals surface area (Å²) in [6.07, 6.45) is 0. The molecule has 2 N–H and O–H groups in total. The SMILES string of the molecule is Cl.NCc1ccc(C(=O)[O-])cc1. The highest BCUT2D eigenvalue weighted by Crippen LogP contribution is 2.01. The maximum atomic E-state index is 10.3. The highest BCUT2D eigenvalue weighted by molar-refractivity contribution is 5.85. The van der Waals surface area contributed by atoms with E-state index < -0.39 is 5.97 Å². The van der Waals surface area contributed by atoms with Crippen molar-refractivity contribution in [2.24, 2.45) is 5.73 Å². The summed E-state index contributed by atoms with van der Waals surface area (Å²) in [5, 5.41) is 10.3. The second kappa shape index (κ2) is 4.74. The minimum Gasteiger partial charge on any atom is -0.545 e. The lowest BCUT2D eigenvalue weighted by molar-refractivity contribution is -0.255. The van der Waals surface area contributed by atoms with Crippen molar-refractivity contribution < 1.29 is 9.90 Å². The van der Waals surface area contributed by atoms with E-state index in [1.807, 2.05) is 0 Å². The Balaban J connectivity index is 0.00000121. The van der Waals surface area contributed by atoms with Gasteiger partial charge in [0.15, 0.2) is 0 Å². The maximum Gasteiger partial charge on any atom is 0.0715 e. The summed E-state index contributed by atoms with van der Waals surface area (Å²) >= 11 is 0. The molecular formula is C8H9ClNO2-. The van der Waals surface area contributed by atoms with Crippen molar-refractivity contribution in [2.75, 3.05) is 0 Å². The summed E-state index contributed by atoms with van der Waals surface area (Å²) in [5.41, 5.74) is 6.41. The van der Waals surface area contributed by atoms with Crippen LogP contribution >= 0.6 is 12.4 Å². The molecule has 1 aromatic rings. The van der Waals surface area contributed by atoms with Gasteiger partial charge in [0.25, 0.3) is 0 Å². The number of rotatable bonds is 2. The van der Waals surface area contributed by atoms with Crippen LogP contribution in [-0.4, -0.2) is 5.97 Å². The molecule has 0 atom stereocenters. The van der Waals surface area contributed by atoms with Crippen molar-refractivity contribution in [3.63, 3.8) is 0 Å². The van der Waals surface area contributed by atoms with Crippen LogP contribution < -0.4 is 10.8 Å². The molecule has 0 aliphatic carbocycles. The number of hydrogen-bond donors (Lipinski definition) is 1. The number of carboxylic acids is 1. The quantitative estimate of drug-likeness (QED) is 0.703. The summed E-state index contributed by atoms with van der Waals surface area (Å²) in [7, 11) is 0. The van der Waals surface area contributed by atoms with E-state index >= 15 is 0 Å². The van der Waals surface area contributed by atoms with Crippen LogP contribution in [0.3, 0.4) is 0 Å². The molecule has 4 heteroatoms. The number of benzene rings is 1. The van der Waals surface area contributed by atoms with Gasteiger partial charge in [-0.15, -0.1) is 12.4 Å². The van der Waals surface area contributed by atoms with Crippen LogP contribution in [0.4, 0.5) is 0 Å². The van der Waals surface area contributed by atoms with E-state index in [9.17, 15) is 9.90 Å². The van der Waals surface area contributed by atoms with E-state index in [1.165, 1.54) is 12.1 Å². The molecule has 12 heavy (non-hydrogen) atoms. The summed E-state index contributed by atoms with van der Waals surface area (Å²) in [4.78, 5) is 10.3. The van der Waals surface area contributed by atoms with E-state index in [1.54, 1.807) is 12.1 Å². The fraction of sp³-hybridized carbons (Fsp3) is 0.125. The van der Waals surface area contributed by atoms with Crippen molar-refractivity contribution >= 4 is 18.4 Å². The first-order valence-electron chi connectivity index (χ1n) is 3.24. The Morgan fingerprint density at radius 3 is 2.17 bits per heavy atom. The minimum absolute atomic E-state index is 0. The maximum absolute atomic E-state index is 10.3. The summed E-state index contributed by atoms with van der Waals surface area (Å²) in [6, 6.07) is 6.31. The number of nitrogens with two attached hydrogens (primary N) is 1. The summed E-state index contributed by atoms with van der Waals surface area (Å²) < 4.78 is 0. The molecule has 1 aromatic carbocycles. The molecule has 0 aromatic heterocycles. The van der Waals surface area contributed by atoms with Gasteiger partial charge >= 0.3 is 0 Å². The molecule has 0 aliphatic rings. The average Bonchev–Trinajstić information content (AvgIpc) is 2.05. The second-order valence-electron chi connectivity index (χ2n) is 2.19. The van der Waals surface area contributed by atoms with Gasteiger partial charge in [-0.3, -0.25) is 0 Å². The van der Waals surface area contributed by atoms with Crippen molar-refractivity contribution in [1.82, 2.24) is 0 Å². The highest BCUT2D eigenvalue weighted by atomic mass is 35.5. The molecule has 3 nitrogen and oxygen atoms in total. The summed E-state index contributed by atoms with van der Waals surface area (Å²) in [5.74, 6) is -1.16. The lowest BCUT2D eigenvalue weighted by Gasteiger charge is -2.01. The number of halogens is 1. The second-order valence-corrected chi connectivity index (χ2v) is 2.19. The van der Waals surface area contributed by atoms with Gasteiger partial charge in [-0.1, -0.05) is 24.3 Å². The molecule has 1 rings (SSSR count). The molecule has 0 saturated heterocycles. The van der Waals surface area contributed by atoms with Gasteiger partial charge < -0.3 is 15.6 Å². The average molecular weight is 187 g/mol. The van der Waals surface area contributed by atoms with Crippen molar-refractivity contribution in [2.45, 2.75) is 6.54 Å². The first-order chi connectivity index (χ1) is 5.24. The predicted molar refractivity (Wildman–Crippen MR) is 45.9 cm³/mol. The Kier molecular flexibility index (Phi) is 4.33. The van der Waals surface area contributed by atoms with Gasteiger partial charge in [0.05, 0.1) is 5.97 Å². The lowest BCUT2D eigenvalue weighted by atomic mass is 10.1. The zero-order chi connectivity index (χ0) is 8.27. The number of hydrogen-bond acceptors (Lipinski definition) is 3. The fourth-order valence-corrected chi connectivity index (χ4v) is 0.777. The topological polar surface area (TPSA) is 66.2 Å². The van der Waals surface area contributed by atoms with Gasteiger partial charge in [-0.2, -0.15) is 0 Å². The Morgan fingerprint density at radius 1 is 1.33 bits per heavy atom. The van der Waals surface area contributed by atoms with Crippen LogP contribution in [0.15, 0.2) is 24.3 Å². The molecular weight excluding hydrogens is 178 g/mol. The van der Waals surface area contributed by atoms with Crippen LogP contribution in [0.25, 0.3) is 0 Å². The van der Waals surface area contributed by atoms with Gasteiger partial charge in [-0.05, 0) is 11.1 Å². The van der Waals surface area contributed by atoms with E-state index in [-0.39, 0.29) is 18.0 Å². The monoisotopic (exact) mass is 186 g/mol. The number of carboxylic acid groups (broad SMARTS) is 1. The third-order valence-corrected chi connectivity index (χ3v) is 1.43. The fourth-order valence-electron chi connectivity index (χ4n) is 0.777. The number of aromatic carboxylic acids is 1. The smallest absolute Gasteiger partial charge is 0.0715 e. The van der Waals surface area contributed by atoms with E-state index in [2.05, 4.69) is 0 Å². The first kappa shape index (κ1) is 10.9. The van der Waals surface area contributed by atoms with E-state index in [4.69, 9.17) is 5.73 Å². The van der Waals surface area contributed by atoms with Crippen molar-refractivity contribution in [1.29, 1.82) is 0 Å². The molecule has 0 fully saturated rings. The largest absolute Gasteiger partial charge is 0.545 e. The normalized spacial score (nSPS) is 8.75. The molecule has 0 bridgehead atoms. The highest BCUT2D eigenvalue weighted by Gasteiger charge is 1.91. The van der Waals surface area contributed by atoms with Gasteiger partial charge in [0.2, 0.25) is 0 Å². The van der Waals surface area contributed by atoms with Crippen LogP contribution in [0.5, 0.6) is 0 Å². The molecule has 0 amide bonds. The van der Waals surface area contributed by atoms with Crippen molar-refractivity contribution in [3.05, 3.63) is 35.4 Å². The Hall–Kier alpha value is -1.06. The Labute approximate surface area is 76.6 Å². The number of carbonyl (C=O) groups excluding carboxylic acids is 1. The molecule has 0 radical (unpaired) electrons. The standard InChI is InChI=1S/C8H9NO2.ClH/c9-5-6-1-3-7(4-2-6)8(10)11;/h1-4H,5,9H2,(H,10,11);1H/p-1. The Morgan fingerprint density at radius 2 is 1.83 bits per heavy atom.